The number of carboxylic acid groups (broad SMARTS) is 1. The molecule has 0 amide bonds. The predicted octanol–water partition coefficient (Wildman–Crippen LogP) is 1.88. The first-order valence-corrected chi connectivity index (χ1v) is 7.24. The van der Waals surface area contributed by atoms with Crippen LogP contribution in [-0.4, -0.2) is 46.8 Å². The van der Waals surface area contributed by atoms with Gasteiger partial charge in [-0.1, -0.05) is 30.3 Å². The fraction of sp³-hybridized carbons (Fsp3) is 0.562. The maximum atomic E-state index is 11.8. The zero-order valence-corrected chi connectivity index (χ0v) is 12.0. The van der Waals surface area contributed by atoms with Crippen LogP contribution < -0.4 is 0 Å². The fourth-order valence-electron chi connectivity index (χ4n) is 2.91. The van der Waals surface area contributed by atoms with Crippen LogP contribution in [0.1, 0.15) is 31.7 Å². The molecule has 1 saturated heterocycles. The third-order valence-corrected chi connectivity index (χ3v) is 4.31. The standard InChI is InChI=1S/C16H23NO3/c1-13(18)7-10-17-11-8-16(9-12-17,15(19)20)14-5-3-2-4-6-14/h2-6,13,18H,7-12H2,1H3,(H,19,20). The summed E-state index contributed by atoms with van der Waals surface area (Å²) in [6.07, 6.45) is 1.71. The molecule has 1 aromatic rings. The van der Waals surface area contributed by atoms with E-state index in [1.165, 1.54) is 0 Å². The number of carbonyl (C=O) groups is 1. The third-order valence-electron chi connectivity index (χ3n) is 4.31. The highest BCUT2D eigenvalue weighted by Crippen LogP contribution is 2.35. The van der Waals surface area contributed by atoms with Crippen molar-refractivity contribution in [2.24, 2.45) is 0 Å². The minimum atomic E-state index is -0.747. The van der Waals surface area contributed by atoms with E-state index in [2.05, 4.69) is 4.90 Å². The first-order valence-electron chi connectivity index (χ1n) is 7.24. The van der Waals surface area contributed by atoms with Crippen LogP contribution in [0.25, 0.3) is 0 Å². The van der Waals surface area contributed by atoms with Gasteiger partial charge in [0.05, 0.1) is 11.5 Å². The largest absolute Gasteiger partial charge is 0.481 e. The Morgan fingerprint density at radius 2 is 1.90 bits per heavy atom. The minimum absolute atomic E-state index is 0.296. The van der Waals surface area contributed by atoms with E-state index in [9.17, 15) is 15.0 Å². The predicted molar refractivity (Wildman–Crippen MR) is 77.7 cm³/mol. The highest BCUT2D eigenvalue weighted by Gasteiger charge is 2.42. The minimum Gasteiger partial charge on any atom is -0.481 e. The zero-order chi connectivity index (χ0) is 14.6. The molecule has 0 spiro atoms. The van der Waals surface area contributed by atoms with Crippen molar-refractivity contribution in [1.29, 1.82) is 0 Å². The smallest absolute Gasteiger partial charge is 0.314 e. The second-order valence-corrected chi connectivity index (χ2v) is 5.73. The molecule has 1 aliphatic heterocycles. The molecule has 20 heavy (non-hydrogen) atoms. The summed E-state index contributed by atoms with van der Waals surface area (Å²) in [5.41, 5.74) is 0.158. The van der Waals surface area contributed by atoms with Gasteiger partial charge in [0.2, 0.25) is 0 Å². The van der Waals surface area contributed by atoms with Crippen LogP contribution in [0.15, 0.2) is 30.3 Å². The first-order chi connectivity index (χ1) is 9.54. The van der Waals surface area contributed by atoms with Crippen molar-refractivity contribution >= 4 is 5.97 Å². The lowest BCUT2D eigenvalue weighted by molar-refractivity contribution is -0.146. The second-order valence-electron chi connectivity index (χ2n) is 5.73. The zero-order valence-electron chi connectivity index (χ0n) is 12.0. The van der Waals surface area contributed by atoms with Crippen molar-refractivity contribution < 1.29 is 15.0 Å². The highest BCUT2D eigenvalue weighted by molar-refractivity contribution is 5.81. The molecule has 2 rings (SSSR count). The van der Waals surface area contributed by atoms with Crippen molar-refractivity contribution in [3.05, 3.63) is 35.9 Å². The lowest BCUT2D eigenvalue weighted by Crippen LogP contribution is -2.47. The molecule has 1 unspecified atom stereocenters. The van der Waals surface area contributed by atoms with Crippen molar-refractivity contribution in [3.8, 4) is 0 Å². The number of carboxylic acids is 1. The van der Waals surface area contributed by atoms with Crippen molar-refractivity contribution in [2.45, 2.75) is 37.7 Å². The summed E-state index contributed by atoms with van der Waals surface area (Å²) in [5.74, 6) is -0.723. The third kappa shape index (κ3) is 3.19. The number of aliphatic hydroxyl groups is 1. The number of aliphatic hydroxyl groups excluding tert-OH is 1. The molecule has 4 nitrogen and oxygen atoms in total. The quantitative estimate of drug-likeness (QED) is 0.862. The summed E-state index contributed by atoms with van der Waals surface area (Å²) >= 11 is 0. The Morgan fingerprint density at radius 1 is 1.30 bits per heavy atom. The number of hydrogen-bond donors (Lipinski definition) is 2. The summed E-state index contributed by atoms with van der Waals surface area (Å²) < 4.78 is 0. The van der Waals surface area contributed by atoms with Gasteiger partial charge in [0, 0.05) is 6.54 Å². The monoisotopic (exact) mass is 277 g/mol. The van der Waals surface area contributed by atoms with Gasteiger partial charge in [0.1, 0.15) is 0 Å². The van der Waals surface area contributed by atoms with Gasteiger partial charge in [-0.05, 0) is 44.8 Å². The maximum absolute atomic E-state index is 11.8. The molecule has 2 N–H and O–H groups in total. The van der Waals surface area contributed by atoms with E-state index in [1.54, 1.807) is 6.92 Å². The van der Waals surface area contributed by atoms with Crippen LogP contribution in [0.3, 0.4) is 0 Å². The Morgan fingerprint density at radius 3 is 2.40 bits per heavy atom. The molecule has 1 fully saturated rings. The molecular formula is C16H23NO3. The SMILES string of the molecule is CC(O)CCN1CCC(C(=O)O)(c2ccccc2)CC1. The van der Waals surface area contributed by atoms with Crippen molar-refractivity contribution in [3.63, 3.8) is 0 Å². The number of nitrogens with zero attached hydrogens (tertiary/aromatic N) is 1. The summed E-state index contributed by atoms with van der Waals surface area (Å²) in [4.78, 5) is 14.0. The molecular weight excluding hydrogens is 254 g/mol. The normalized spacial score (nSPS) is 20.5. The molecule has 0 saturated carbocycles. The summed E-state index contributed by atoms with van der Waals surface area (Å²) in [6.45, 7) is 4.17. The molecule has 1 aliphatic rings. The van der Waals surface area contributed by atoms with E-state index >= 15 is 0 Å². The van der Waals surface area contributed by atoms with Crippen LogP contribution in [0, 0.1) is 0 Å². The molecule has 0 aromatic heterocycles. The Bertz CT molecular complexity index is 436. The van der Waals surface area contributed by atoms with E-state index in [0.717, 1.165) is 31.6 Å². The van der Waals surface area contributed by atoms with Crippen molar-refractivity contribution in [1.82, 2.24) is 4.90 Å². The van der Waals surface area contributed by atoms with Gasteiger partial charge in [-0.15, -0.1) is 0 Å². The number of likely N-dealkylation sites (tertiary alicyclic amines) is 1. The van der Waals surface area contributed by atoms with Crippen molar-refractivity contribution in [2.75, 3.05) is 19.6 Å². The Labute approximate surface area is 120 Å². The Hall–Kier alpha value is -1.39. The van der Waals surface area contributed by atoms with E-state index in [4.69, 9.17) is 0 Å². The first kappa shape index (κ1) is 15.0. The number of aliphatic carboxylic acids is 1. The maximum Gasteiger partial charge on any atom is 0.314 e. The van der Waals surface area contributed by atoms with Gasteiger partial charge < -0.3 is 15.1 Å². The molecule has 1 aromatic carbocycles. The van der Waals surface area contributed by atoms with Gasteiger partial charge in [0.25, 0.3) is 0 Å². The molecule has 1 atom stereocenters. The molecule has 0 bridgehead atoms. The lowest BCUT2D eigenvalue weighted by atomic mass is 9.73. The Balaban J connectivity index is 2.06. The topological polar surface area (TPSA) is 60.8 Å². The number of benzene rings is 1. The molecule has 110 valence electrons. The van der Waals surface area contributed by atoms with Crippen LogP contribution in [-0.2, 0) is 10.2 Å². The summed E-state index contributed by atoms with van der Waals surface area (Å²) in [7, 11) is 0. The molecule has 4 heteroatoms. The van der Waals surface area contributed by atoms with Crippen LogP contribution >= 0.6 is 0 Å². The Kier molecular flexibility index (Phi) is 4.78. The highest BCUT2D eigenvalue weighted by atomic mass is 16.4. The summed E-state index contributed by atoms with van der Waals surface area (Å²) in [5, 5.41) is 19.0. The van der Waals surface area contributed by atoms with Gasteiger partial charge in [-0.25, -0.2) is 0 Å². The van der Waals surface area contributed by atoms with E-state index in [0.29, 0.717) is 12.8 Å². The van der Waals surface area contributed by atoms with Gasteiger partial charge >= 0.3 is 5.97 Å². The van der Waals surface area contributed by atoms with E-state index in [1.807, 2.05) is 30.3 Å². The fourth-order valence-corrected chi connectivity index (χ4v) is 2.91. The van der Waals surface area contributed by atoms with Crippen LogP contribution in [0.5, 0.6) is 0 Å². The molecule has 0 aliphatic carbocycles. The van der Waals surface area contributed by atoms with Crippen LogP contribution in [0.2, 0.25) is 0 Å². The van der Waals surface area contributed by atoms with Crippen LogP contribution in [0.4, 0.5) is 0 Å². The number of piperidine rings is 1. The molecule has 1 heterocycles. The number of rotatable bonds is 5. The molecule has 0 radical (unpaired) electrons. The summed E-state index contributed by atoms with van der Waals surface area (Å²) in [6, 6.07) is 9.55. The average molecular weight is 277 g/mol. The van der Waals surface area contributed by atoms with Gasteiger partial charge in [-0.2, -0.15) is 0 Å². The van der Waals surface area contributed by atoms with Gasteiger partial charge in [-0.3, -0.25) is 4.79 Å². The number of hydrogen-bond acceptors (Lipinski definition) is 3. The van der Waals surface area contributed by atoms with Gasteiger partial charge in [0.15, 0.2) is 0 Å². The van der Waals surface area contributed by atoms with E-state index < -0.39 is 11.4 Å². The lowest BCUT2D eigenvalue weighted by Gasteiger charge is -2.39. The van der Waals surface area contributed by atoms with E-state index in [-0.39, 0.29) is 6.10 Å². The average Bonchev–Trinajstić information content (AvgIpc) is 2.46. The second kappa shape index (κ2) is 6.37.